The van der Waals surface area contributed by atoms with Gasteiger partial charge in [-0.15, -0.1) is 0 Å². The molecule has 3 heteroatoms. The Hall–Kier alpha value is -2.42. The third-order valence-electron chi connectivity index (χ3n) is 3.04. The Balaban J connectivity index is 1.70. The summed E-state index contributed by atoms with van der Waals surface area (Å²) in [4.78, 5) is 3.34. The fourth-order valence-electron chi connectivity index (χ4n) is 2.04. The molecule has 0 unspecified atom stereocenters. The Labute approximate surface area is 111 Å². The minimum absolute atomic E-state index is 0.529. The van der Waals surface area contributed by atoms with Crippen LogP contribution in [0.2, 0.25) is 0 Å². The molecule has 0 aliphatic heterocycles. The van der Waals surface area contributed by atoms with Crippen LogP contribution in [0, 0.1) is 0 Å². The van der Waals surface area contributed by atoms with Gasteiger partial charge in [0.1, 0.15) is 18.1 Å². The number of ether oxygens (including phenoxy) is 2. The smallest absolute Gasteiger partial charge is 0.128 e. The zero-order valence-electron chi connectivity index (χ0n) is 10.7. The van der Waals surface area contributed by atoms with E-state index in [1.54, 1.807) is 7.11 Å². The first-order chi connectivity index (χ1) is 9.35. The van der Waals surface area contributed by atoms with E-state index in [0.29, 0.717) is 6.61 Å². The number of para-hydroxylation sites is 1. The summed E-state index contributed by atoms with van der Waals surface area (Å²) in [5, 5.41) is 1.20. The average Bonchev–Trinajstić information content (AvgIpc) is 2.88. The van der Waals surface area contributed by atoms with Gasteiger partial charge in [-0.25, -0.2) is 0 Å². The number of fused-ring (bicyclic) bond motifs is 1. The Morgan fingerprint density at radius 2 is 1.68 bits per heavy atom. The predicted octanol–water partition coefficient (Wildman–Crippen LogP) is 3.76. The highest BCUT2D eigenvalue weighted by Gasteiger charge is 2.01. The van der Waals surface area contributed by atoms with Crippen molar-refractivity contribution in [3.63, 3.8) is 0 Å². The maximum Gasteiger partial charge on any atom is 0.128 e. The molecule has 0 saturated carbocycles. The monoisotopic (exact) mass is 253 g/mol. The maximum absolute atomic E-state index is 5.73. The van der Waals surface area contributed by atoms with Crippen LogP contribution in [0.15, 0.2) is 54.6 Å². The molecule has 3 nitrogen and oxygen atoms in total. The number of benzene rings is 2. The molecule has 0 radical (unpaired) electrons. The largest absolute Gasteiger partial charge is 0.497 e. The number of aromatic nitrogens is 1. The van der Waals surface area contributed by atoms with E-state index in [4.69, 9.17) is 9.47 Å². The van der Waals surface area contributed by atoms with Crippen LogP contribution in [0.4, 0.5) is 0 Å². The van der Waals surface area contributed by atoms with E-state index in [1.165, 1.54) is 5.39 Å². The molecule has 1 N–H and O–H groups in total. The highest BCUT2D eigenvalue weighted by atomic mass is 16.5. The van der Waals surface area contributed by atoms with Gasteiger partial charge in [0.2, 0.25) is 0 Å². The zero-order valence-corrected chi connectivity index (χ0v) is 10.7. The fourth-order valence-corrected chi connectivity index (χ4v) is 2.04. The standard InChI is InChI=1S/C16H15NO2/c1-18-14-6-8-15(9-7-14)19-11-13-10-12-4-2-3-5-16(12)17-13/h2-10,17H,11H2,1H3. The molecule has 0 saturated heterocycles. The first kappa shape index (κ1) is 11.7. The van der Waals surface area contributed by atoms with Crippen molar-refractivity contribution in [3.05, 3.63) is 60.3 Å². The summed E-state index contributed by atoms with van der Waals surface area (Å²) in [6.07, 6.45) is 0. The Kier molecular flexibility index (Phi) is 3.11. The molecule has 1 aromatic heterocycles. The van der Waals surface area contributed by atoms with E-state index >= 15 is 0 Å². The number of hydrogen-bond donors (Lipinski definition) is 1. The fraction of sp³-hybridized carbons (Fsp3) is 0.125. The molecule has 96 valence electrons. The molecule has 1 heterocycles. The van der Waals surface area contributed by atoms with Crippen molar-refractivity contribution >= 4 is 10.9 Å². The zero-order chi connectivity index (χ0) is 13.1. The first-order valence-corrected chi connectivity index (χ1v) is 6.18. The molecule has 0 aliphatic carbocycles. The third-order valence-corrected chi connectivity index (χ3v) is 3.04. The highest BCUT2D eigenvalue weighted by Crippen LogP contribution is 2.19. The average molecular weight is 253 g/mol. The van der Waals surface area contributed by atoms with Gasteiger partial charge >= 0.3 is 0 Å². The Morgan fingerprint density at radius 1 is 0.947 bits per heavy atom. The van der Waals surface area contributed by atoms with Crippen LogP contribution in [0.1, 0.15) is 5.69 Å². The van der Waals surface area contributed by atoms with Gasteiger partial charge in [-0.1, -0.05) is 18.2 Å². The van der Waals surface area contributed by atoms with E-state index in [9.17, 15) is 0 Å². The van der Waals surface area contributed by atoms with Gasteiger partial charge in [0, 0.05) is 5.52 Å². The van der Waals surface area contributed by atoms with Crippen LogP contribution in [0.3, 0.4) is 0 Å². The van der Waals surface area contributed by atoms with Crippen molar-refractivity contribution in [2.45, 2.75) is 6.61 Å². The van der Waals surface area contributed by atoms with Crippen LogP contribution in [-0.2, 0) is 6.61 Å². The summed E-state index contributed by atoms with van der Waals surface area (Å²) in [5.74, 6) is 1.66. The molecule has 0 amide bonds. The minimum Gasteiger partial charge on any atom is -0.497 e. The van der Waals surface area contributed by atoms with Gasteiger partial charge in [-0.05, 0) is 41.8 Å². The van der Waals surface area contributed by atoms with E-state index < -0.39 is 0 Å². The summed E-state index contributed by atoms with van der Waals surface area (Å²) >= 11 is 0. The molecule has 0 spiro atoms. The predicted molar refractivity (Wildman–Crippen MR) is 75.6 cm³/mol. The number of aromatic amines is 1. The molecule has 2 aromatic carbocycles. The van der Waals surface area contributed by atoms with Gasteiger partial charge in [0.05, 0.1) is 12.8 Å². The third kappa shape index (κ3) is 2.55. The molecule has 0 aliphatic rings. The van der Waals surface area contributed by atoms with Gasteiger partial charge in [-0.3, -0.25) is 0 Å². The first-order valence-electron chi connectivity index (χ1n) is 6.18. The SMILES string of the molecule is COc1ccc(OCc2cc3ccccc3[nH]2)cc1. The number of rotatable bonds is 4. The van der Waals surface area contributed by atoms with Crippen molar-refractivity contribution in [1.82, 2.24) is 4.98 Å². The normalized spacial score (nSPS) is 10.6. The van der Waals surface area contributed by atoms with E-state index in [2.05, 4.69) is 23.2 Å². The minimum atomic E-state index is 0.529. The molecule has 19 heavy (non-hydrogen) atoms. The molecule has 0 atom stereocenters. The van der Waals surface area contributed by atoms with E-state index in [0.717, 1.165) is 22.7 Å². The lowest BCUT2D eigenvalue weighted by atomic mass is 10.2. The van der Waals surface area contributed by atoms with Crippen LogP contribution in [0.25, 0.3) is 10.9 Å². The second-order valence-electron chi connectivity index (χ2n) is 4.35. The van der Waals surface area contributed by atoms with Crippen LogP contribution in [0.5, 0.6) is 11.5 Å². The van der Waals surface area contributed by atoms with Crippen molar-refractivity contribution in [3.8, 4) is 11.5 Å². The van der Waals surface area contributed by atoms with Crippen molar-refractivity contribution in [2.75, 3.05) is 7.11 Å². The van der Waals surface area contributed by atoms with Crippen LogP contribution < -0.4 is 9.47 Å². The van der Waals surface area contributed by atoms with Crippen LogP contribution in [-0.4, -0.2) is 12.1 Å². The van der Waals surface area contributed by atoms with E-state index in [-0.39, 0.29) is 0 Å². The molecular formula is C16H15NO2. The van der Waals surface area contributed by atoms with Crippen molar-refractivity contribution in [2.24, 2.45) is 0 Å². The van der Waals surface area contributed by atoms with Crippen molar-refractivity contribution < 1.29 is 9.47 Å². The Morgan fingerprint density at radius 3 is 2.42 bits per heavy atom. The summed E-state index contributed by atoms with van der Waals surface area (Å²) in [6.45, 7) is 0.529. The molecule has 0 bridgehead atoms. The maximum atomic E-state index is 5.73. The lowest BCUT2D eigenvalue weighted by Gasteiger charge is -2.05. The quantitative estimate of drug-likeness (QED) is 0.768. The van der Waals surface area contributed by atoms with Gasteiger partial charge in [0.15, 0.2) is 0 Å². The second kappa shape index (κ2) is 5.06. The topological polar surface area (TPSA) is 34.2 Å². The van der Waals surface area contributed by atoms with Gasteiger partial charge in [0.25, 0.3) is 0 Å². The lowest BCUT2D eigenvalue weighted by Crippen LogP contribution is -1.95. The number of nitrogens with one attached hydrogen (secondary N) is 1. The molecule has 3 aromatic rings. The van der Waals surface area contributed by atoms with Gasteiger partial charge < -0.3 is 14.5 Å². The lowest BCUT2D eigenvalue weighted by molar-refractivity contribution is 0.301. The molecular weight excluding hydrogens is 238 g/mol. The van der Waals surface area contributed by atoms with Gasteiger partial charge in [-0.2, -0.15) is 0 Å². The number of methoxy groups -OCH3 is 1. The highest BCUT2D eigenvalue weighted by molar-refractivity contribution is 5.80. The Bertz CT molecular complexity index is 638. The van der Waals surface area contributed by atoms with Crippen LogP contribution >= 0.6 is 0 Å². The second-order valence-corrected chi connectivity index (χ2v) is 4.35. The summed E-state index contributed by atoms with van der Waals surface area (Å²) in [5.41, 5.74) is 2.20. The number of H-pyrrole nitrogens is 1. The molecule has 3 rings (SSSR count). The summed E-state index contributed by atoms with van der Waals surface area (Å²) in [6, 6.07) is 17.9. The van der Waals surface area contributed by atoms with E-state index in [1.807, 2.05) is 36.4 Å². The summed E-state index contributed by atoms with van der Waals surface area (Å²) in [7, 11) is 1.65. The van der Waals surface area contributed by atoms with Crippen molar-refractivity contribution in [1.29, 1.82) is 0 Å². The number of hydrogen-bond acceptors (Lipinski definition) is 2. The summed E-state index contributed by atoms with van der Waals surface area (Å²) < 4.78 is 10.8. The molecule has 0 fully saturated rings.